The fourth-order valence-corrected chi connectivity index (χ4v) is 4.50. The van der Waals surface area contributed by atoms with Crippen molar-refractivity contribution in [3.05, 3.63) is 42.5 Å². The maximum absolute atomic E-state index is 12.9. The number of esters is 1. The fraction of sp³-hybridized carbons (Fsp3) is 0.500. The molecule has 1 saturated carbocycles. The first kappa shape index (κ1) is 23.1. The van der Waals surface area contributed by atoms with Crippen LogP contribution in [-0.4, -0.2) is 37.1 Å². The third-order valence-electron chi connectivity index (χ3n) is 6.16. The molecular weight excluding hydrogens is 416 g/mol. The summed E-state index contributed by atoms with van der Waals surface area (Å²) in [5.74, 6) is 0.418. The van der Waals surface area contributed by atoms with Crippen LogP contribution in [0.5, 0.6) is 0 Å². The Labute approximate surface area is 194 Å². The summed E-state index contributed by atoms with van der Waals surface area (Å²) in [5.41, 5.74) is 2.93. The number of carbonyl (C=O) groups excluding carboxylic acids is 2. The maximum Gasteiger partial charge on any atom is 0.306 e. The van der Waals surface area contributed by atoms with Gasteiger partial charge in [0.25, 0.3) is 0 Å². The normalized spacial score (nSPS) is 18.9. The Balaban J connectivity index is 1.35. The van der Waals surface area contributed by atoms with Gasteiger partial charge in [0.1, 0.15) is 11.4 Å². The molecule has 0 spiro atoms. The fourth-order valence-electron chi connectivity index (χ4n) is 4.50. The number of ketones is 1. The summed E-state index contributed by atoms with van der Waals surface area (Å²) >= 11 is 0. The molecule has 3 heterocycles. The molecule has 7 nitrogen and oxygen atoms in total. The van der Waals surface area contributed by atoms with Crippen molar-refractivity contribution in [3.8, 4) is 11.3 Å². The van der Waals surface area contributed by atoms with Crippen LogP contribution in [0.3, 0.4) is 0 Å². The number of ether oxygens (including phenoxy) is 1. The molecule has 0 amide bonds. The van der Waals surface area contributed by atoms with Crippen molar-refractivity contribution in [3.63, 3.8) is 0 Å². The van der Waals surface area contributed by atoms with Crippen LogP contribution in [0.2, 0.25) is 0 Å². The molecule has 4 rings (SSSR count). The van der Waals surface area contributed by atoms with Crippen LogP contribution in [0.15, 0.2) is 36.8 Å². The van der Waals surface area contributed by atoms with Crippen LogP contribution in [0.4, 0.5) is 0 Å². The number of aryl methyl sites for hydroxylation is 1. The maximum atomic E-state index is 12.9. The van der Waals surface area contributed by atoms with Gasteiger partial charge < -0.3 is 4.74 Å². The minimum absolute atomic E-state index is 0.0343. The van der Waals surface area contributed by atoms with Gasteiger partial charge in [0.05, 0.1) is 17.4 Å². The molecular formula is C26H32N4O3. The molecule has 33 heavy (non-hydrogen) atoms. The summed E-state index contributed by atoms with van der Waals surface area (Å²) in [6.45, 7) is 5.66. The van der Waals surface area contributed by atoms with E-state index in [-0.39, 0.29) is 17.7 Å². The molecule has 7 heteroatoms. The molecule has 0 saturated heterocycles. The predicted molar refractivity (Wildman–Crippen MR) is 126 cm³/mol. The van der Waals surface area contributed by atoms with Crippen molar-refractivity contribution >= 4 is 22.7 Å². The Kier molecular flexibility index (Phi) is 6.58. The first-order chi connectivity index (χ1) is 15.7. The lowest BCUT2D eigenvalue weighted by molar-refractivity contribution is -0.156. The third-order valence-corrected chi connectivity index (χ3v) is 6.16. The number of aromatic nitrogens is 4. The summed E-state index contributed by atoms with van der Waals surface area (Å²) in [4.78, 5) is 34.3. The Morgan fingerprint density at radius 3 is 2.55 bits per heavy atom. The van der Waals surface area contributed by atoms with E-state index in [1.165, 1.54) is 0 Å². The molecule has 0 radical (unpaired) electrons. The number of Topliss-reactive ketones (excluding diaryl/α,β-unsaturated/α-hetero) is 1. The van der Waals surface area contributed by atoms with E-state index in [1.807, 2.05) is 52.2 Å². The molecule has 3 aromatic rings. The van der Waals surface area contributed by atoms with E-state index in [1.54, 1.807) is 17.1 Å². The smallest absolute Gasteiger partial charge is 0.306 e. The molecule has 1 aliphatic rings. The molecule has 0 N–H and O–H groups in total. The zero-order valence-corrected chi connectivity index (χ0v) is 19.9. The molecule has 0 aliphatic heterocycles. The van der Waals surface area contributed by atoms with Crippen LogP contribution in [-0.2, 0) is 27.8 Å². The van der Waals surface area contributed by atoms with Crippen molar-refractivity contribution in [1.82, 2.24) is 19.7 Å². The van der Waals surface area contributed by atoms with E-state index >= 15 is 0 Å². The highest BCUT2D eigenvalue weighted by Gasteiger charge is 2.29. The average molecular weight is 449 g/mol. The largest absolute Gasteiger partial charge is 0.460 e. The van der Waals surface area contributed by atoms with Crippen LogP contribution in [0.25, 0.3) is 22.2 Å². The number of carbonyl (C=O) groups is 2. The lowest BCUT2D eigenvalue weighted by atomic mass is 9.78. The molecule has 0 bridgehead atoms. The zero-order chi connectivity index (χ0) is 23.6. The minimum atomic E-state index is -0.454. The predicted octanol–water partition coefficient (Wildman–Crippen LogP) is 4.68. The van der Waals surface area contributed by atoms with Gasteiger partial charge >= 0.3 is 5.97 Å². The van der Waals surface area contributed by atoms with Gasteiger partial charge in [-0.2, -0.15) is 5.10 Å². The standard InChI is InChI=1S/C26H32N4O3/c1-26(2,3)33-25(32)11-17-5-7-18(8-6-17)24(31)13-21-12-23-19(14-27-21)9-10-22(29-23)20-15-28-30(4)16-20/h9-10,12,14-18H,5-8,11,13H2,1-4H3. The van der Waals surface area contributed by atoms with Gasteiger partial charge in [-0.1, -0.05) is 0 Å². The summed E-state index contributed by atoms with van der Waals surface area (Å²) in [7, 11) is 1.88. The Morgan fingerprint density at radius 2 is 1.88 bits per heavy atom. The molecule has 0 atom stereocenters. The van der Waals surface area contributed by atoms with Crippen molar-refractivity contribution in [2.24, 2.45) is 18.9 Å². The van der Waals surface area contributed by atoms with Crippen molar-refractivity contribution < 1.29 is 14.3 Å². The average Bonchev–Trinajstić information content (AvgIpc) is 3.18. The highest BCUT2D eigenvalue weighted by atomic mass is 16.6. The number of hydrogen-bond donors (Lipinski definition) is 0. The number of rotatable bonds is 6. The summed E-state index contributed by atoms with van der Waals surface area (Å²) < 4.78 is 7.19. The van der Waals surface area contributed by atoms with Gasteiger partial charge in [0.15, 0.2) is 0 Å². The second kappa shape index (κ2) is 9.41. The van der Waals surface area contributed by atoms with Crippen LogP contribution in [0, 0.1) is 11.8 Å². The SMILES string of the molecule is Cn1cc(-c2ccc3cnc(CC(=O)C4CCC(CC(=O)OC(C)(C)C)CC4)cc3n2)cn1. The van der Waals surface area contributed by atoms with Crippen molar-refractivity contribution in [1.29, 1.82) is 0 Å². The number of fused-ring (bicyclic) bond motifs is 1. The second-order valence-corrected chi connectivity index (χ2v) is 10.1. The molecule has 1 aliphatic carbocycles. The second-order valence-electron chi connectivity index (χ2n) is 10.1. The molecule has 3 aromatic heterocycles. The quantitative estimate of drug-likeness (QED) is 0.509. The molecule has 174 valence electrons. The lowest BCUT2D eigenvalue weighted by Gasteiger charge is -2.28. The molecule has 1 fully saturated rings. The Morgan fingerprint density at radius 1 is 1.12 bits per heavy atom. The van der Waals surface area contributed by atoms with Gasteiger partial charge in [-0.3, -0.25) is 19.3 Å². The van der Waals surface area contributed by atoms with E-state index in [0.717, 1.165) is 53.5 Å². The highest BCUT2D eigenvalue weighted by Crippen LogP contribution is 2.32. The van der Waals surface area contributed by atoms with Gasteiger partial charge in [-0.15, -0.1) is 0 Å². The monoisotopic (exact) mass is 448 g/mol. The van der Waals surface area contributed by atoms with Crippen LogP contribution >= 0.6 is 0 Å². The highest BCUT2D eigenvalue weighted by molar-refractivity contribution is 5.85. The van der Waals surface area contributed by atoms with Crippen molar-refractivity contribution in [2.45, 2.75) is 64.9 Å². The van der Waals surface area contributed by atoms with Gasteiger partial charge in [0.2, 0.25) is 0 Å². The van der Waals surface area contributed by atoms with E-state index in [4.69, 9.17) is 9.72 Å². The first-order valence-electron chi connectivity index (χ1n) is 11.7. The zero-order valence-electron chi connectivity index (χ0n) is 19.9. The number of hydrogen-bond acceptors (Lipinski definition) is 6. The van der Waals surface area contributed by atoms with Gasteiger partial charge in [-0.25, -0.2) is 4.98 Å². The summed E-state index contributed by atoms with van der Waals surface area (Å²) in [6.07, 6.45) is 9.68. The van der Waals surface area contributed by atoms with Crippen LogP contribution < -0.4 is 0 Å². The number of nitrogens with zero attached hydrogens (tertiary/aromatic N) is 4. The Bertz CT molecular complexity index is 1150. The van der Waals surface area contributed by atoms with E-state index in [0.29, 0.717) is 18.8 Å². The van der Waals surface area contributed by atoms with Crippen LogP contribution in [0.1, 0.15) is 58.6 Å². The van der Waals surface area contributed by atoms with E-state index < -0.39 is 5.60 Å². The topological polar surface area (TPSA) is 87.0 Å². The molecule has 0 unspecified atom stereocenters. The molecule has 0 aromatic carbocycles. The van der Waals surface area contributed by atoms with Gasteiger partial charge in [0, 0.05) is 54.8 Å². The Hall–Kier alpha value is -3.09. The summed E-state index contributed by atoms with van der Waals surface area (Å²) in [6, 6.07) is 5.87. The third kappa shape index (κ3) is 6.03. The minimum Gasteiger partial charge on any atom is -0.460 e. The van der Waals surface area contributed by atoms with Gasteiger partial charge in [-0.05, 0) is 70.6 Å². The number of pyridine rings is 2. The summed E-state index contributed by atoms with van der Waals surface area (Å²) in [5, 5.41) is 5.16. The van der Waals surface area contributed by atoms with E-state index in [9.17, 15) is 9.59 Å². The van der Waals surface area contributed by atoms with Crippen molar-refractivity contribution in [2.75, 3.05) is 0 Å². The van der Waals surface area contributed by atoms with E-state index in [2.05, 4.69) is 10.1 Å². The lowest BCUT2D eigenvalue weighted by Crippen LogP contribution is -2.28. The first-order valence-corrected chi connectivity index (χ1v) is 11.7.